The molecular weight excluding hydrogens is 428 g/mol. The molecule has 3 aromatic rings. The van der Waals surface area contributed by atoms with Crippen molar-refractivity contribution in [3.8, 4) is 5.75 Å². The number of halogens is 3. The zero-order valence-electron chi connectivity index (χ0n) is 16.0. The smallest absolute Gasteiger partial charge is 0.338 e. The Morgan fingerprint density at radius 1 is 1.03 bits per heavy atom. The van der Waals surface area contributed by atoms with Crippen LogP contribution >= 0.6 is 23.2 Å². The highest BCUT2D eigenvalue weighted by molar-refractivity contribution is 6.37. The van der Waals surface area contributed by atoms with Gasteiger partial charge in [-0.1, -0.05) is 48.0 Å². The number of rotatable bonds is 7. The standard InChI is InChI=1S/C23H18Cl2FNO3/c1-3-29-23(28)15-11-12-21(19(26)13-15)27-20-10-5-4-7-16(20)14(2)30-22-17(24)8-6-9-18(22)25/h4-13,27H,2-3H2,1H3. The summed E-state index contributed by atoms with van der Waals surface area (Å²) in [6.07, 6.45) is 0. The average molecular weight is 446 g/mol. The molecule has 0 unspecified atom stereocenters. The molecule has 3 aromatic carbocycles. The van der Waals surface area contributed by atoms with Gasteiger partial charge in [0.2, 0.25) is 0 Å². The first-order valence-corrected chi connectivity index (χ1v) is 9.80. The lowest BCUT2D eigenvalue weighted by Crippen LogP contribution is -2.06. The fourth-order valence-electron chi connectivity index (χ4n) is 2.70. The van der Waals surface area contributed by atoms with Crippen LogP contribution in [0.2, 0.25) is 10.0 Å². The van der Waals surface area contributed by atoms with Crippen molar-refractivity contribution in [3.63, 3.8) is 0 Å². The van der Waals surface area contributed by atoms with Crippen molar-refractivity contribution >= 4 is 46.3 Å². The van der Waals surface area contributed by atoms with Gasteiger partial charge in [-0.15, -0.1) is 0 Å². The molecule has 0 atom stereocenters. The quantitative estimate of drug-likeness (QED) is 0.311. The molecule has 0 amide bonds. The molecule has 154 valence electrons. The number of ether oxygens (including phenoxy) is 2. The summed E-state index contributed by atoms with van der Waals surface area (Å²) in [6, 6.07) is 16.2. The highest BCUT2D eigenvalue weighted by atomic mass is 35.5. The zero-order chi connectivity index (χ0) is 21.7. The summed E-state index contributed by atoms with van der Waals surface area (Å²) in [5.41, 5.74) is 1.45. The number of esters is 1. The molecular formula is C23H18Cl2FNO3. The van der Waals surface area contributed by atoms with E-state index in [1.165, 1.54) is 12.1 Å². The predicted molar refractivity (Wildman–Crippen MR) is 118 cm³/mol. The molecule has 0 radical (unpaired) electrons. The van der Waals surface area contributed by atoms with Gasteiger partial charge in [0.1, 0.15) is 11.6 Å². The van der Waals surface area contributed by atoms with E-state index in [4.69, 9.17) is 32.7 Å². The summed E-state index contributed by atoms with van der Waals surface area (Å²) in [6.45, 7) is 5.85. The molecule has 0 aromatic heterocycles. The second-order valence-electron chi connectivity index (χ2n) is 6.16. The Hall–Kier alpha value is -3.02. The van der Waals surface area contributed by atoms with Gasteiger partial charge in [0, 0.05) is 11.3 Å². The van der Waals surface area contributed by atoms with Crippen LogP contribution in [0, 0.1) is 5.82 Å². The van der Waals surface area contributed by atoms with Crippen LogP contribution in [0.1, 0.15) is 22.8 Å². The maximum Gasteiger partial charge on any atom is 0.338 e. The predicted octanol–water partition coefficient (Wildman–Crippen LogP) is 7.10. The van der Waals surface area contributed by atoms with Gasteiger partial charge in [0.05, 0.1) is 27.9 Å². The Morgan fingerprint density at radius 2 is 1.73 bits per heavy atom. The Balaban J connectivity index is 1.85. The SMILES string of the molecule is C=C(Oc1c(Cl)cccc1Cl)c1ccccc1Nc1ccc(C(=O)OCC)cc1F. The number of carbonyl (C=O) groups excluding carboxylic acids is 1. The molecule has 0 saturated carbocycles. The van der Waals surface area contributed by atoms with Crippen molar-refractivity contribution in [2.75, 3.05) is 11.9 Å². The Labute approximate surface area is 183 Å². The molecule has 0 aliphatic carbocycles. The number of nitrogens with one attached hydrogen (secondary N) is 1. The lowest BCUT2D eigenvalue weighted by Gasteiger charge is -2.16. The van der Waals surface area contributed by atoms with E-state index in [2.05, 4.69) is 11.9 Å². The fourth-order valence-corrected chi connectivity index (χ4v) is 3.17. The van der Waals surface area contributed by atoms with E-state index < -0.39 is 11.8 Å². The number of hydrogen-bond donors (Lipinski definition) is 1. The van der Waals surface area contributed by atoms with E-state index in [0.29, 0.717) is 21.3 Å². The molecule has 0 bridgehead atoms. The van der Waals surface area contributed by atoms with Gasteiger partial charge in [-0.25, -0.2) is 9.18 Å². The number of hydrogen-bond acceptors (Lipinski definition) is 4. The first-order chi connectivity index (χ1) is 14.4. The average Bonchev–Trinajstić information content (AvgIpc) is 2.72. The largest absolute Gasteiger partial charge is 0.462 e. The lowest BCUT2D eigenvalue weighted by molar-refractivity contribution is 0.0526. The fraction of sp³-hybridized carbons (Fsp3) is 0.0870. The summed E-state index contributed by atoms with van der Waals surface area (Å²) in [7, 11) is 0. The van der Waals surface area contributed by atoms with Gasteiger partial charge < -0.3 is 14.8 Å². The van der Waals surface area contributed by atoms with Crippen molar-refractivity contribution in [3.05, 3.63) is 94.2 Å². The van der Waals surface area contributed by atoms with E-state index in [-0.39, 0.29) is 29.4 Å². The molecule has 4 nitrogen and oxygen atoms in total. The van der Waals surface area contributed by atoms with Crippen molar-refractivity contribution in [2.24, 2.45) is 0 Å². The molecule has 1 N–H and O–H groups in total. The number of carbonyl (C=O) groups is 1. The lowest BCUT2D eigenvalue weighted by atomic mass is 10.1. The third-order valence-electron chi connectivity index (χ3n) is 4.12. The van der Waals surface area contributed by atoms with Gasteiger partial charge in [-0.3, -0.25) is 0 Å². The monoisotopic (exact) mass is 445 g/mol. The first kappa shape index (κ1) is 21.7. The minimum atomic E-state index is -0.601. The van der Waals surface area contributed by atoms with Crippen LogP contribution in [0.5, 0.6) is 5.75 Å². The zero-order valence-corrected chi connectivity index (χ0v) is 17.6. The van der Waals surface area contributed by atoms with Crippen LogP contribution in [0.3, 0.4) is 0 Å². The van der Waals surface area contributed by atoms with Crippen LogP contribution in [0.4, 0.5) is 15.8 Å². The minimum absolute atomic E-state index is 0.134. The third kappa shape index (κ3) is 4.93. The number of anilines is 2. The van der Waals surface area contributed by atoms with Gasteiger partial charge in [-0.2, -0.15) is 0 Å². The van der Waals surface area contributed by atoms with E-state index in [1.807, 2.05) is 0 Å². The summed E-state index contributed by atoms with van der Waals surface area (Å²) in [4.78, 5) is 11.8. The van der Waals surface area contributed by atoms with Crippen LogP contribution in [-0.2, 0) is 4.74 Å². The third-order valence-corrected chi connectivity index (χ3v) is 4.72. The van der Waals surface area contributed by atoms with Crippen molar-refractivity contribution in [1.82, 2.24) is 0 Å². The maximum absolute atomic E-state index is 14.6. The Morgan fingerprint density at radius 3 is 2.40 bits per heavy atom. The number of para-hydroxylation sites is 2. The summed E-state index contributed by atoms with van der Waals surface area (Å²) in [5.74, 6) is -0.625. The molecule has 0 saturated heterocycles. The van der Waals surface area contributed by atoms with E-state index >= 15 is 0 Å². The number of benzene rings is 3. The molecule has 0 fully saturated rings. The normalized spacial score (nSPS) is 10.4. The summed E-state index contributed by atoms with van der Waals surface area (Å²) < 4.78 is 25.2. The van der Waals surface area contributed by atoms with Crippen LogP contribution in [0.15, 0.2) is 67.2 Å². The van der Waals surface area contributed by atoms with E-state index in [9.17, 15) is 9.18 Å². The molecule has 0 aliphatic heterocycles. The van der Waals surface area contributed by atoms with E-state index in [1.54, 1.807) is 49.4 Å². The highest BCUT2D eigenvalue weighted by Gasteiger charge is 2.15. The van der Waals surface area contributed by atoms with Gasteiger partial charge in [-0.05, 0) is 49.4 Å². The van der Waals surface area contributed by atoms with Gasteiger partial charge in [0.25, 0.3) is 0 Å². The molecule has 30 heavy (non-hydrogen) atoms. The summed E-state index contributed by atoms with van der Waals surface area (Å²) in [5, 5.41) is 3.69. The second kappa shape index (κ2) is 9.65. The minimum Gasteiger partial charge on any atom is -0.462 e. The molecule has 0 heterocycles. The molecule has 7 heteroatoms. The Bertz CT molecular complexity index is 1080. The van der Waals surface area contributed by atoms with Gasteiger partial charge >= 0.3 is 5.97 Å². The maximum atomic E-state index is 14.6. The molecule has 0 aliphatic rings. The van der Waals surface area contributed by atoms with Crippen molar-refractivity contribution in [1.29, 1.82) is 0 Å². The second-order valence-corrected chi connectivity index (χ2v) is 6.98. The Kier molecular flexibility index (Phi) is 6.98. The highest BCUT2D eigenvalue weighted by Crippen LogP contribution is 2.36. The van der Waals surface area contributed by atoms with E-state index in [0.717, 1.165) is 6.07 Å². The first-order valence-electron chi connectivity index (χ1n) is 9.04. The van der Waals surface area contributed by atoms with Crippen LogP contribution in [-0.4, -0.2) is 12.6 Å². The van der Waals surface area contributed by atoms with Crippen molar-refractivity contribution < 1.29 is 18.7 Å². The summed E-state index contributed by atoms with van der Waals surface area (Å²) >= 11 is 12.3. The van der Waals surface area contributed by atoms with Crippen LogP contribution < -0.4 is 10.1 Å². The molecule has 0 spiro atoms. The molecule has 3 rings (SSSR count). The van der Waals surface area contributed by atoms with Crippen molar-refractivity contribution in [2.45, 2.75) is 6.92 Å². The van der Waals surface area contributed by atoms with Gasteiger partial charge in [0.15, 0.2) is 5.75 Å². The van der Waals surface area contributed by atoms with Crippen LogP contribution in [0.25, 0.3) is 5.76 Å². The topological polar surface area (TPSA) is 47.6 Å².